The van der Waals surface area contributed by atoms with E-state index < -0.39 is 10.0 Å². The third-order valence-electron chi connectivity index (χ3n) is 4.67. The molecule has 3 aromatic rings. The van der Waals surface area contributed by atoms with Crippen molar-refractivity contribution in [3.63, 3.8) is 0 Å². The topological polar surface area (TPSA) is 79.4 Å². The number of nitrogens with one attached hydrogen (secondary N) is 1. The van der Waals surface area contributed by atoms with E-state index in [9.17, 15) is 13.2 Å². The maximum Gasteiger partial charge on any atom is 0.243 e. The number of benzene rings is 2. The van der Waals surface area contributed by atoms with Crippen LogP contribution in [0.25, 0.3) is 0 Å². The Balaban J connectivity index is 1.80. The van der Waals surface area contributed by atoms with Crippen LogP contribution in [0.2, 0.25) is 0 Å². The van der Waals surface area contributed by atoms with E-state index in [4.69, 9.17) is 0 Å². The van der Waals surface area contributed by atoms with Crippen molar-refractivity contribution >= 4 is 15.9 Å². The fourth-order valence-electron chi connectivity index (χ4n) is 2.90. The second-order valence-electron chi connectivity index (χ2n) is 7.21. The van der Waals surface area contributed by atoms with Gasteiger partial charge in [0, 0.05) is 25.5 Å². The predicted molar refractivity (Wildman–Crippen MR) is 116 cm³/mol. The Hall–Kier alpha value is -3.03. The number of hydrogen-bond donors (Lipinski definition) is 1. The summed E-state index contributed by atoms with van der Waals surface area (Å²) in [6.45, 7) is 3.99. The quantitative estimate of drug-likeness (QED) is 0.603. The van der Waals surface area contributed by atoms with Crippen molar-refractivity contribution in [1.82, 2.24) is 14.6 Å². The summed E-state index contributed by atoms with van der Waals surface area (Å²) in [6, 6.07) is 17.9. The van der Waals surface area contributed by atoms with Gasteiger partial charge >= 0.3 is 0 Å². The summed E-state index contributed by atoms with van der Waals surface area (Å²) < 4.78 is 27.7. The van der Waals surface area contributed by atoms with Crippen LogP contribution in [0.3, 0.4) is 0 Å². The molecule has 1 aromatic heterocycles. The molecule has 7 heteroatoms. The van der Waals surface area contributed by atoms with Crippen molar-refractivity contribution in [2.24, 2.45) is 0 Å². The molecule has 0 saturated carbocycles. The first-order valence-corrected chi connectivity index (χ1v) is 11.1. The first-order chi connectivity index (χ1) is 14.3. The normalized spacial score (nSPS) is 11.4. The first-order valence-electron chi connectivity index (χ1n) is 9.62. The molecule has 0 bridgehead atoms. The molecule has 6 nitrogen and oxygen atoms in total. The van der Waals surface area contributed by atoms with Crippen LogP contribution in [0.15, 0.2) is 78.0 Å². The number of pyridine rings is 1. The van der Waals surface area contributed by atoms with Crippen LogP contribution in [0.1, 0.15) is 22.3 Å². The molecular formula is C23H25N3O3S. The van der Waals surface area contributed by atoms with Crippen LogP contribution in [0.4, 0.5) is 0 Å². The second kappa shape index (κ2) is 9.65. The van der Waals surface area contributed by atoms with Crippen LogP contribution in [-0.2, 0) is 27.9 Å². The third-order valence-corrected chi connectivity index (χ3v) is 6.48. The molecule has 0 saturated heterocycles. The lowest BCUT2D eigenvalue weighted by atomic mass is 10.1. The summed E-state index contributed by atoms with van der Waals surface area (Å²) in [4.78, 5) is 16.7. The second-order valence-corrected chi connectivity index (χ2v) is 9.15. The van der Waals surface area contributed by atoms with Crippen molar-refractivity contribution < 1.29 is 13.2 Å². The van der Waals surface area contributed by atoms with Crippen LogP contribution >= 0.6 is 0 Å². The number of sulfonamides is 1. The van der Waals surface area contributed by atoms with Gasteiger partial charge in [-0.25, -0.2) is 8.42 Å². The molecule has 0 aliphatic carbocycles. The zero-order valence-electron chi connectivity index (χ0n) is 17.1. The van der Waals surface area contributed by atoms with Gasteiger partial charge in [-0.15, -0.1) is 0 Å². The van der Waals surface area contributed by atoms with E-state index in [1.807, 2.05) is 44.2 Å². The number of amides is 1. The van der Waals surface area contributed by atoms with Crippen molar-refractivity contribution in [3.05, 3.63) is 95.3 Å². The van der Waals surface area contributed by atoms with Crippen LogP contribution in [-0.4, -0.2) is 30.2 Å². The van der Waals surface area contributed by atoms with Gasteiger partial charge < -0.3 is 5.32 Å². The van der Waals surface area contributed by atoms with E-state index in [1.165, 1.54) is 4.31 Å². The van der Waals surface area contributed by atoms with Gasteiger partial charge in [0.1, 0.15) is 0 Å². The van der Waals surface area contributed by atoms with Crippen molar-refractivity contribution in [2.75, 3.05) is 6.54 Å². The number of carbonyl (C=O) groups excluding carboxylic acids is 1. The van der Waals surface area contributed by atoms with E-state index in [0.29, 0.717) is 0 Å². The Morgan fingerprint density at radius 1 is 0.933 bits per heavy atom. The Kier molecular flexibility index (Phi) is 6.97. The highest BCUT2D eigenvalue weighted by Gasteiger charge is 2.26. The Labute approximate surface area is 177 Å². The smallest absolute Gasteiger partial charge is 0.243 e. The SMILES string of the molecule is Cc1ccc(CN(CC(=O)NCc2cccnc2)S(=O)(=O)c2ccc(C)cc2)cc1. The molecule has 1 heterocycles. The van der Waals surface area contributed by atoms with Crippen LogP contribution < -0.4 is 5.32 Å². The summed E-state index contributed by atoms with van der Waals surface area (Å²) in [5.74, 6) is -0.373. The molecule has 1 N–H and O–H groups in total. The number of nitrogens with zero attached hydrogens (tertiary/aromatic N) is 2. The predicted octanol–water partition coefficient (Wildman–Crippen LogP) is 3.21. The van der Waals surface area contributed by atoms with Gasteiger partial charge in [0.2, 0.25) is 15.9 Å². The lowest BCUT2D eigenvalue weighted by Crippen LogP contribution is -2.40. The minimum absolute atomic E-state index is 0.108. The maximum atomic E-state index is 13.3. The monoisotopic (exact) mass is 423 g/mol. The summed E-state index contributed by atoms with van der Waals surface area (Å²) in [5.41, 5.74) is 3.71. The molecule has 3 rings (SSSR count). The zero-order chi connectivity index (χ0) is 21.6. The first kappa shape index (κ1) is 21.7. The molecule has 0 spiro atoms. The average molecular weight is 424 g/mol. The van der Waals surface area contributed by atoms with Crippen LogP contribution in [0, 0.1) is 13.8 Å². The number of carbonyl (C=O) groups is 1. The molecule has 0 atom stereocenters. The maximum absolute atomic E-state index is 13.3. The molecule has 30 heavy (non-hydrogen) atoms. The summed E-state index contributed by atoms with van der Waals surface area (Å²) in [5, 5.41) is 2.77. The molecule has 2 aromatic carbocycles. The van der Waals surface area contributed by atoms with Crippen molar-refractivity contribution in [2.45, 2.75) is 31.8 Å². The molecule has 0 fully saturated rings. The fraction of sp³-hybridized carbons (Fsp3) is 0.217. The van der Waals surface area contributed by atoms with E-state index in [1.54, 1.807) is 42.7 Å². The lowest BCUT2D eigenvalue weighted by Gasteiger charge is -2.22. The minimum atomic E-state index is -3.84. The number of hydrogen-bond acceptors (Lipinski definition) is 4. The number of aryl methyl sites for hydroxylation is 2. The van der Waals surface area contributed by atoms with E-state index >= 15 is 0 Å². The van der Waals surface area contributed by atoms with Gasteiger partial charge in [0.15, 0.2) is 0 Å². The molecule has 0 radical (unpaired) electrons. The zero-order valence-corrected chi connectivity index (χ0v) is 17.9. The fourth-order valence-corrected chi connectivity index (χ4v) is 4.29. The van der Waals surface area contributed by atoms with Crippen molar-refractivity contribution in [1.29, 1.82) is 0 Å². The molecule has 0 aliphatic rings. The summed E-state index contributed by atoms with van der Waals surface area (Å²) in [6.07, 6.45) is 3.32. The van der Waals surface area contributed by atoms with Gasteiger partial charge in [-0.2, -0.15) is 4.31 Å². The molecular weight excluding hydrogens is 398 g/mol. The Morgan fingerprint density at radius 3 is 2.17 bits per heavy atom. The van der Waals surface area contributed by atoms with Gasteiger partial charge in [0.25, 0.3) is 0 Å². The van der Waals surface area contributed by atoms with Gasteiger partial charge in [-0.1, -0.05) is 53.6 Å². The van der Waals surface area contributed by atoms with Gasteiger partial charge in [0.05, 0.1) is 11.4 Å². The highest BCUT2D eigenvalue weighted by Crippen LogP contribution is 2.19. The van der Waals surface area contributed by atoms with Gasteiger partial charge in [-0.05, 0) is 43.2 Å². The molecule has 1 amide bonds. The number of rotatable bonds is 8. The lowest BCUT2D eigenvalue weighted by molar-refractivity contribution is -0.121. The summed E-state index contributed by atoms with van der Waals surface area (Å²) >= 11 is 0. The van der Waals surface area contributed by atoms with E-state index in [2.05, 4.69) is 10.3 Å². The average Bonchev–Trinajstić information content (AvgIpc) is 2.74. The molecule has 0 aliphatic heterocycles. The molecule has 156 valence electrons. The highest BCUT2D eigenvalue weighted by atomic mass is 32.2. The van der Waals surface area contributed by atoms with E-state index in [-0.39, 0.29) is 30.4 Å². The van der Waals surface area contributed by atoms with Crippen molar-refractivity contribution in [3.8, 4) is 0 Å². The van der Waals surface area contributed by atoms with Gasteiger partial charge in [-0.3, -0.25) is 9.78 Å². The largest absolute Gasteiger partial charge is 0.351 e. The summed E-state index contributed by atoms with van der Waals surface area (Å²) in [7, 11) is -3.84. The number of aromatic nitrogens is 1. The standard InChI is InChI=1S/C23H25N3O3S/c1-18-5-9-20(10-6-18)16-26(30(28,29)22-11-7-19(2)8-12-22)17-23(27)25-15-21-4-3-13-24-14-21/h3-14H,15-17H2,1-2H3,(H,25,27). The highest BCUT2D eigenvalue weighted by molar-refractivity contribution is 7.89. The van der Waals surface area contributed by atoms with E-state index in [0.717, 1.165) is 22.3 Å². The Morgan fingerprint density at radius 2 is 1.57 bits per heavy atom. The Bertz CT molecular complexity index is 1080. The van der Waals surface area contributed by atoms with Crippen LogP contribution in [0.5, 0.6) is 0 Å². The third kappa shape index (κ3) is 5.75. The minimum Gasteiger partial charge on any atom is -0.351 e. The molecule has 0 unspecified atom stereocenters.